The predicted octanol–water partition coefficient (Wildman–Crippen LogP) is 3.62. The van der Waals surface area contributed by atoms with Crippen LogP contribution in [0.25, 0.3) is 21.8 Å². The van der Waals surface area contributed by atoms with Gasteiger partial charge in [-0.3, -0.25) is 9.59 Å². The minimum absolute atomic E-state index is 0.169. The van der Waals surface area contributed by atoms with Crippen molar-refractivity contribution >= 4 is 39.3 Å². The molecule has 0 bridgehead atoms. The summed E-state index contributed by atoms with van der Waals surface area (Å²) in [5.74, 6) is 3.21. The number of hydrogen-bond acceptors (Lipinski definition) is 3. The fourth-order valence-electron chi connectivity index (χ4n) is 4.54. The van der Waals surface area contributed by atoms with E-state index in [9.17, 15) is 22.8 Å². The molecule has 0 spiro atoms. The smallest absolute Gasteiger partial charge is 0.369 e. The summed E-state index contributed by atoms with van der Waals surface area (Å²) in [6.07, 6.45) is -3.48. The van der Waals surface area contributed by atoms with Gasteiger partial charge in [0.05, 0.1) is 23.2 Å². The van der Waals surface area contributed by atoms with E-state index in [1.165, 1.54) is 12.1 Å². The lowest BCUT2D eigenvalue weighted by Crippen LogP contribution is -2.47. The lowest BCUT2D eigenvalue weighted by Gasteiger charge is -2.35. The molecule has 6 nitrogen and oxygen atoms in total. The maximum absolute atomic E-state index is 15.5. The van der Waals surface area contributed by atoms with Gasteiger partial charge in [0, 0.05) is 35.4 Å². The van der Waals surface area contributed by atoms with E-state index in [0.717, 1.165) is 12.1 Å². The van der Waals surface area contributed by atoms with Crippen LogP contribution >= 0.6 is 0 Å². The first-order valence-corrected chi connectivity index (χ1v) is 10.7. The topological polar surface area (TPSA) is 91.2 Å². The highest BCUT2D eigenvalue weighted by molar-refractivity contribution is 6.15. The molecule has 34 heavy (non-hydrogen) atoms. The zero-order valence-corrected chi connectivity index (χ0v) is 18.3. The number of amides is 2. The number of H-pyrrole nitrogens is 1. The third-order valence-corrected chi connectivity index (χ3v) is 5.89. The molecule has 3 aromatic rings. The van der Waals surface area contributed by atoms with Crippen LogP contribution in [0.2, 0.25) is 0 Å². The Morgan fingerprint density at radius 1 is 1.29 bits per heavy atom. The van der Waals surface area contributed by atoms with Crippen LogP contribution < -0.4 is 16.0 Å². The first-order valence-electron chi connectivity index (χ1n) is 10.7. The number of nitrogens with one attached hydrogen (secondary N) is 2. The molecular formula is C24H22F4N4O2. The maximum atomic E-state index is 15.5. The Bertz CT molecular complexity index is 1350. The van der Waals surface area contributed by atoms with Gasteiger partial charge in [-0.15, -0.1) is 0 Å². The van der Waals surface area contributed by atoms with Crippen molar-refractivity contribution in [1.82, 2.24) is 10.3 Å². The number of halogens is 4. The van der Waals surface area contributed by atoms with Crippen molar-refractivity contribution in [3.63, 3.8) is 0 Å². The number of primary amides is 1. The van der Waals surface area contributed by atoms with Crippen molar-refractivity contribution in [1.29, 1.82) is 0 Å². The van der Waals surface area contributed by atoms with Crippen LogP contribution in [0.5, 0.6) is 0 Å². The molecule has 1 aliphatic heterocycles. The average Bonchev–Trinajstić information content (AvgIpc) is 3.12. The van der Waals surface area contributed by atoms with Crippen LogP contribution in [0.4, 0.5) is 23.2 Å². The van der Waals surface area contributed by atoms with Crippen molar-refractivity contribution in [2.45, 2.75) is 38.4 Å². The average molecular weight is 474 g/mol. The molecule has 0 unspecified atom stereocenters. The summed E-state index contributed by atoms with van der Waals surface area (Å²) in [4.78, 5) is 28.2. The van der Waals surface area contributed by atoms with Crippen LogP contribution in [0.1, 0.15) is 30.9 Å². The molecule has 2 amide bonds. The second kappa shape index (κ2) is 8.89. The Kier molecular flexibility index (Phi) is 6.13. The Labute approximate surface area is 192 Å². The highest BCUT2D eigenvalue weighted by atomic mass is 19.4. The van der Waals surface area contributed by atoms with Gasteiger partial charge in [0.1, 0.15) is 5.82 Å². The largest absolute Gasteiger partial charge is 0.416 e. The minimum Gasteiger partial charge on any atom is -0.369 e. The molecule has 0 saturated carbocycles. The number of nitrogens with zero attached hydrogens (tertiary/aromatic N) is 1. The Hall–Kier alpha value is -3.74. The van der Waals surface area contributed by atoms with Crippen LogP contribution in [0.3, 0.4) is 0 Å². The van der Waals surface area contributed by atoms with Crippen molar-refractivity contribution in [2.75, 3.05) is 18.0 Å². The van der Waals surface area contributed by atoms with E-state index in [-0.39, 0.29) is 29.2 Å². The highest BCUT2D eigenvalue weighted by Gasteiger charge is 2.32. The Morgan fingerprint density at radius 3 is 2.74 bits per heavy atom. The minimum atomic E-state index is -4.55. The van der Waals surface area contributed by atoms with Gasteiger partial charge in [-0.25, -0.2) is 4.39 Å². The lowest BCUT2D eigenvalue weighted by molar-refractivity contribution is -0.137. The van der Waals surface area contributed by atoms with Crippen LogP contribution in [0, 0.1) is 17.7 Å². The molecule has 1 aliphatic rings. The third kappa shape index (κ3) is 4.51. The fraction of sp³-hybridized carbons (Fsp3) is 0.333. The van der Waals surface area contributed by atoms with Crippen molar-refractivity contribution in [3.05, 3.63) is 41.2 Å². The number of carbonyl (C=O) groups excluding carboxylic acids is 2. The standard InChI is InChI=1S/C24H22F4N4O2/c1-2-4-20(34)30-15-5-3-8-32(12-15)23-17(25)9-13(10-19(29)33)22-21(23)16-7-6-14(24(26,27)28)11-18(16)31-22/h6-7,9,11,15,31H,3,5,8,10,12H2,1H3,(H2,29,33)(H,30,34)/t15-/m1/s1. The summed E-state index contributed by atoms with van der Waals surface area (Å²) < 4.78 is 55.3. The van der Waals surface area contributed by atoms with E-state index < -0.39 is 29.4 Å². The molecular weight excluding hydrogens is 452 g/mol. The summed E-state index contributed by atoms with van der Waals surface area (Å²) in [7, 11) is 0. The number of hydrogen-bond donors (Lipinski definition) is 3. The van der Waals surface area contributed by atoms with Gasteiger partial charge >= 0.3 is 6.18 Å². The van der Waals surface area contributed by atoms with Gasteiger partial charge < -0.3 is 20.9 Å². The van der Waals surface area contributed by atoms with Crippen molar-refractivity contribution < 1.29 is 27.2 Å². The van der Waals surface area contributed by atoms with E-state index in [0.29, 0.717) is 42.2 Å². The third-order valence-electron chi connectivity index (χ3n) is 5.89. The van der Waals surface area contributed by atoms with Gasteiger partial charge in [-0.1, -0.05) is 12.0 Å². The SMILES string of the molecule is CC#CC(=O)N[C@@H]1CCCN(c2c(F)cc(CC(N)=O)c3[nH]c4cc(C(F)(F)F)ccc4c23)C1. The first kappa shape index (κ1) is 23.4. The van der Waals surface area contributed by atoms with Gasteiger partial charge in [0.15, 0.2) is 0 Å². The van der Waals surface area contributed by atoms with E-state index in [4.69, 9.17) is 5.73 Å². The summed E-state index contributed by atoms with van der Waals surface area (Å²) in [6, 6.07) is 4.12. The van der Waals surface area contributed by atoms with Crippen LogP contribution in [-0.2, 0) is 22.2 Å². The van der Waals surface area contributed by atoms with Gasteiger partial charge in [-0.2, -0.15) is 13.2 Å². The zero-order valence-electron chi connectivity index (χ0n) is 18.3. The van der Waals surface area contributed by atoms with Gasteiger partial charge in [0.25, 0.3) is 5.91 Å². The number of fused-ring (bicyclic) bond motifs is 3. The molecule has 0 aliphatic carbocycles. The van der Waals surface area contributed by atoms with E-state index >= 15 is 4.39 Å². The number of anilines is 1. The molecule has 1 fully saturated rings. The summed E-state index contributed by atoms with van der Waals surface area (Å²) in [5.41, 5.74) is 5.47. The number of alkyl halides is 3. The molecule has 4 rings (SSSR count). The van der Waals surface area contributed by atoms with Crippen molar-refractivity contribution in [2.24, 2.45) is 5.73 Å². The molecule has 4 N–H and O–H groups in total. The predicted molar refractivity (Wildman–Crippen MR) is 120 cm³/mol. The number of aromatic amines is 1. The van der Waals surface area contributed by atoms with Crippen LogP contribution in [0.15, 0.2) is 24.3 Å². The molecule has 10 heteroatoms. The second-order valence-electron chi connectivity index (χ2n) is 8.28. The van der Waals surface area contributed by atoms with E-state index in [1.807, 2.05) is 0 Å². The van der Waals surface area contributed by atoms with Gasteiger partial charge in [0.2, 0.25) is 5.91 Å². The highest BCUT2D eigenvalue weighted by Crippen LogP contribution is 2.41. The Morgan fingerprint density at radius 2 is 2.06 bits per heavy atom. The quantitative estimate of drug-likeness (QED) is 0.399. The number of rotatable bonds is 4. The molecule has 1 aromatic heterocycles. The molecule has 0 radical (unpaired) electrons. The van der Waals surface area contributed by atoms with Crippen molar-refractivity contribution in [3.8, 4) is 11.8 Å². The first-order chi connectivity index (χ1) is 16.1. The Balaban J connectivity index is 1.87. The lowest BCUT2D eigenvalue weighted by atomic mass is 9.99. The number of carbonyl (C=O) groups is 2. The molecule has 1 saturated heterocycles. The monoisotopic (exact) mass is 474 g/mol. The molecule has 1 atom stereocenters. The van der Waals surface area contributed by atoms with Gasteiger partial charge in [-0.05, 0) is 49.4 Å². The summed E-state index contributed by atoms with van der Waals surface area (Å²) in [5, 5.41) is 3.58. The number of benzene rings is 2. The normalized spacial score (nSPS) is 16.4. The number of nitrogens with two attached hydrogens (primary N) is 1. The van der Waals surface area contributed by atoms with Crippen LogP contribution in [-0.4, -0.2) is 35.9 Å². The molecule has 2 aromatic carbocycles. The number of aromatic nitrogens is 1. The fourth-order valence-corrected chi connectivity index (χ4v) is 4.54. The second-order valence-corrected chi connectivity index (χ2v) is 8.28. The molecule has 2 heterocycles. The van der Waals surface area contributed by atoms with E-state index in [2.05, 4.69) is 22.1 Å². The summed E-state index contributed by atoms with van der Waals surface area (Å²) in [6.45, 7) is 2.33. The number of piperidine rings is 1. The van der Waals surface area contributed by atoms with E-state index in [1.54, 1.807) is 11.8 Å². The zero-order chi connectivity index (χ0) is 24.6. The molecule has 178 valence electrons. The summed E-state index contributed by atoms with van der Waals surface area (Å²) >= 11 is 0. The maximum Gasteiger partial charge on any atom is 0.416 e.